The molecular formula is C27H30N8O2. The van der Waals surface area contributed by atoms with Crippen LogP contribution in [0.15, 0.2) is 66.1 Å². The van der Waals surface area contributed by atoms with Gasteiger partial charge in [0.25, 0.3) is 0 Å². The van der Waals surface area contributed by atoms with Crippen molar-refractivity contribution in [3.05, 3.63) is 82.8 Å². The molecule has 2 aliphatic rings. The first-order chi connectivity index (χ1) is 18.1. The van der Waals surface area contributed by atoms with E-state index in [0.717, 1.165) is 55.6 Å². The van der Waals surface area contributed by atoms with Crippen molar-refractivity contribution >= 4 is 0 Å². The molecule has 10 heteroatoms. The molecule has 0 unspecified atom stereocenters. The molecule has 4 heterocycles. The van der Waals surface area contributed by atoms with Gasteiger partial charge in [-0.15, -0.1) is 0 Å². The van der Waals surface area contributed by atoms with Crippen LogP contribution in [-0.4, -0.2) is 54.4 Å². The third kappa shape index (κ3) is 5.16. The zero-order valence-electron chi connectivity index (χ0n) is 20.8. The summed E-state index contributed by atoms with van der Waals surface area (Å²) >= 11 is 0. The predicted octanol–water partition coefficient (Wildman–Crippen LogP) is 2.22. The Balaban J connectivity index is 1.13. The number of hydrogen-bond donors (Lipinski definition) is 2. The second kappa shape index (κ2) is 9.87. The average molecular weight is 499 g/mol. The highest BCUT2D eigenvalue weighted by Crippen LogP contribution is 2.30. The van der Waals surface area contributed by atoms with Crippen molar-refractivity contribution in [2.75, 3.05) is 13.1 Å². The zero-order chi connectivity index (χ0) is 25.2. The molecule has 2 fully saturated rings. The second-order valence-electron chi connectivity index (χ2n) is 9.82. The Morgan fingerprint density at radius 3 is 2.59 bits per heavy atom. The molecule has 4 aromatic rings. The van der Waals surface area contributed by atoms with Crippen molar-refractivity contribution < 1.29 is 4.74 Å². The van der Waals surface area contributed by atoms with E-state index < -0.39 is 0 Å². The molecule has 1 aliphatic carbocycles. The van der Waals surface area contributed by atoms with Gasteiger partial charge >= 0.3 is 0 Å². The van der Waals surface area contributed by atoms with Crippen molar-refractivity contribution in [2.45, 2.75) is 43.9 Å². The summed E-state index contributed by atoms with van der Waals surface area (Å²) in [4.78, 5) is 21.6. The van der Waals surface area contributed by atoms with Gasteiger partial charge in [0.2, 0.25) is 5.43 Å². The van der Waals surface area contributed by atoms with E-state index >= 15 is 0 Å². The van der Waals surface area contributed by atoms with Crippen LogP contribution in [0.2, 0.25) is 0 Å². The molecule has 1 aromatic carbocycles. The maximum Gasteiger partial charge on any atom is 0.203 e. The smallest absolute Gasteiger partial charge is 0.203 e. The summed E-state index contributed by atoms with van der Waals surface area (Å²) in [6.45, 7) is 2.07. The van der Waals surface area contributed by atoms with Gasteiger partial charge in [0.1, 0.15) is 11.4 Å². The molecule has 190 valence electrons. The molecule has 10 nitrogen and oxygen atoms in total. The summed E-state index contributed by atoms with van der Waals surface area (Å²) in [5.74, 6) is 1.31. The molecule has 6 rings (SSSR count). The Morgan fingerprint density at radius 1 is 1.08 bits per heavy atom. The average Bonchev–Trinajstić information content (AvgIpc) is 3.57. The lowest BCUT2D eigenvalue weighted by Gasteiger charge is -2.37. The predicted molar refractivity (Wildman–Crippen MR) is 138 cm³/mol. The molecule has 37 heavy (non-hydrogen) atoms. The summed E-state index contributed by atoms with van der Waals surface area (Å²) in [7, 11) is 1.84. The molecule has 1 saturated heterocycles. The van der Waals surface area contributed by atoms with Gasteiger partial charge in [-0.3, -0.25) is 20.1 Å². The summed E-state index contributed by atoms with van der Waals surface area (Å²) in [6, 6.07) is 9.43. The minimum atomic E-state index is -0.101. The van der Waals surface area contributed by atoms with Gasteiger partial charge in [-0.1, -0.05) is 18.2 Å². The summed E-state index contributed by atoms with van der Waals surface area (Å²) in [5, 5.41) is 15.9. The summed E-state index contributed by atoms with van der Waals surface area (Å²) in [6.07, 6.45) is 13.4. The Morgan fingerprint density at radius 2 is 1.86 bits per heavy atom. The van der Waals surface area contributed by atoms with Crippen molar-refractivity contribution in [1.29, 1.82) is 0 Å². The highest BCUT2D eigenvalue weighted by molar-refractivity contribution is 5.56. The number of benzene rings is 1. The van der Waals surface area contributed by atoms with Crippen LogP contribution in [0.25, 0.3) is 17.1 Å². The van der Waals surface area contributed by atoms with Gasteiger partial charge in [0.05, 0.1) is 36.6 Å². The zero-order valence-corrected chi connectivity index (χ0v) is 20.8. The Bertz CT molecular complexity index is 1430. The van der Waals surface area contributed by atoms with E-state index in [0.29, 0.717) is 23.7 Å². The highest BCUT2D eigenvalue weighted by atomic mass is 16.5. The van der Waals surface area contributed by atoms with E-state index in [1.807, 2.05) is 37.5 Å². The fourth-order valence-electron chi connectivity index (χ4n) is 5.19. The topological polar surface area (TPSA) is 112 Å². The lowest BCUT2D eigenvalue weighted by atomic mass is 9.87. The first-order valence-electron chi connectivity index (χ1n) is 12.7. The van der Waals surface area contributed by atoms with E-state index in [9.17, 15) is 4.79 Å². The fraction of sp³-hybridized carbons (Fsp3) is 0.370. The van der Waals surface area contributed by atoms with Crippen LogP contribution < -0.4 is 20.8 Å². The number of nitrogens with zero attached hydrogens (tertiary/aromatic N) is 6. The summed E-state index contributed by atoms with van der Waals surface area (Å²) in [5.41, 5.74) is 3.10. The maximum absolute atomic E-state index is 12.5. The Hall–Kier alpha value is -3.89. The lowest BCUT2D eigenvalue weighted by molar-refractivity contribution is 0.101. The van der Waals surface area contributed by atoms with E-state index in [2.05, 4.69) is 30.8 Å². The number of aryl methyl sites for hydroxylation is 1. The molecular weight excluding hydrogens is 468 g/mol. The van der Waals surface area contributed by atoms with E-state index in [4.69, 9.17) is 4.74 Å². The molecule has 3 aromatic heterocycles. The number of nitrogens with one attached hydrogen (secondary N) is 2. The van der Waals surface area contributed by atoms with Gasteiger partial charge in [-0.05, 0) is 37.3 Å². The molecule has 1 saturated carbocycles. The van der Waals surface area contributed by atoms with Crippen molar-refractivity contribution in [3.8, 4) is 22.8 Å². The number of ether oxygens (including phenoxy) is 1. The van der Waals surface area contributed by atoms with Crippen LogP contribution in [0.1, 0.15) is 36.9 Å². The highest BCUT2D eigenvalue weighted by Gasteiger charge is 2.37. The van der Waals surface area contributed by atoms with E-state index in [1.54, 1.807) is 34.2 Å². The van der Waals surface area contributed by atoms with Crippen molar-refractivity contribution in [1.82, 2.24) is 40.2 Å². The molecule has 0 radical (unpaired) electrons. The van der Waals surface area contributed by atoms with E-state index in [-0.39, 0.29) is 17.2 Å². The SMILES string of the molecule is Cn1cc(-n2ccc(=O)c(Cc3cccc(-c4ncc(OC5CCC6(CC5)NCCN6)cn4)c3)n2)cn1. The van der Waals surface area contributed by atoms with Gasteiger partial charge < -0.3 is 4.74 Å². The monoisotopic (exact) mass is 498 g/mol. The minimum Gasteiger partial charge on any atom is -0.487 e. The number of aromatic nitrogens is 6. The van der Waals surface area contributed by atoms with Crippen LogP contribution >= 0.6 is 0 Å². The molecule has 1 aliphatic heterocycles. The Labute approximate surface area is 214 Å². The normalized spacial score (nSPS) is 17.3. The second-order valence-corrected chi connectivity index (χ2v) is 9.82. The third-order valence-corrected chi connectivity index (χ3v) is 7.16. The van der Waals surface area contributed by atoms with Crippen molar-refractivity contribution in [2.24, 2.45) is 7.05 Å². The van der Waals surface area contributed by atoms with Crippen LogP contribution in [0, 0.1) is 0 Å². The largest absolute Gasteiger partial charge is 0.487 e. The van der Waals surface area contributed by atoms with Gasteiger partial charge in [-0.25, -0.2) is 14.6 Å². The van der Waals surface area contributed by atoms with Crippen LogP contribution in [0.3, 0.4) is 0 Å². The van der Waals surface area contributed by atoms with Gasteiger partial charge in [-0.2, -0.15) is 10.2 Å². The third-order valence-electron chi connectivity index (χ3n) is 7.16. The standard InChI is InChI=1S/C27H30N8O2/c1-34-18-21(15-32-34)35-12-7-25(36)24(33-35)14-19-3-2-4-20(13-19)26-28-16-23(17-29-26)37-22-5-8-27(9-6-22)30-10-11-31-27/h2-4,7,12-13,15-18,22,30-31H,5-6,8-11,14H2,1H3. The number of rotatable bonds is 6. The first-order valence-corrected chi connectivity index (χ1v) is 12.7. The molecule has 0 bridgehead atoms. The molecule has 0 amide bonds. The first kappa shape index (κ1) is 23.5. The van der Waals surface area contributed by atoms with Gasteiger partial charge in [0, 0.05) is 44.4 Å². The number of hydrogen-bond acceptors (Lipinski definition) is 8. The van der Waals surface area contributed by atoms with Gasteiger partial charge in [0.15, 0.2) is 11.6 Å². The lowest BCUT2D eigenvalue weighted by Crippen LogP contribution is -2.52. The Kier molecular flexibility index (Phi) is 6.27. The van der Waals surface area contributed by atoms with Crippen LogP contribution in [0.4, 0.5) is 0 Å². The molecule has 1 spiro atoms. The van der Waals surface area contributed by atoms with Crippen LogP contribution in [-0.2, 0) is 13.5 Å². The van der Waals surface area contributed by atoms with Crippen molar-refractivity contribution in [3.63, 3.8) is 0 Å². The molecule has 2 N–H and O–H groups in total. The quantitative estimate of drug-likeness (QED) is 0.416. The minimum absolute atomic E-state index is 0.101. The fourth-order valence-corrected chi connectivity index (χ4v) is 5.19. The van der Waals surface area contributed by atoms with E-state index in [1.165, 1.54) is 6.07 Å². The summed E-state index contributed by atoms with van der Waals surface area (Å²) < 4.78 is 9.55. The molecule has 0 atom stereocenters. The van der Waals surface area contributed by atoms with Crippen LogP contribution in [0.5, 0.6) is 5.75 Å². The maximum atomic E-state index is 12.5.